The summed E-state index contributed by atoms with van der Waals surface area (Å²) in [4.78, 5) is 0. The number of nitrogens with one attached hydrogen (secondary N) is 1. The topological polar surface area (TPSA) is 21.3 Å². The molecule has 0 aromatic heterocycles. The predicted molar refractivity (Wildman–Crippen MR) is 115 cm³/mol. The van der Waals surface area contributed by atoms with Crippen molar-refractivity contribution < 1.29 is 4.74 Å². The van der Waals surface area contributed by atoms with E-state index < -0.39 is 0 Å². The first-order valence-corrected chi connectivity index (χ1v) is 9.81. The summed E-state index contributed by atoms with van der Waals surface area (Å²) in [5, 5.41) is 4.76. The van der Waals surface area contributed by atoms with Gasteiger partial charge in [-0.05, 0) is 42.8 Å². The highest BCUT2D eigenvalue weighted by Crippen LogP contribution is 2.22. The Morgan fingerprint density at radius 3 is 2.35 bits per heavy atom. The van der Waals surface area contributed by atoms with Crippen LogP contribution in [0.1, 0.15) is 50.2 Å². The van der Waals surface area contributed by atoms with Gasteiger partial charge in [-0.1, -0.05) is 74.0 Å². The first kappa shape index (κ1) is 23.1. The van der Waals surface area contributed by atoms with E-state index in [1.807, 2.05) is 24.3 Å². The fraction of sp³-hybridized carbons (Fsp3) is 0.429. The number of unbranched alkanes of at least 4 members (excludes halogenated alkanes) is 4. The Kier molecular flexibility index (Phi) is 11.8. The quantitative estimate of drug-likeness (QED) is 0.396. The van der Waals surface area contributed by atoms with E-state index in [0.717, 1.165) is 24.4 Å². The van der Waals surface area contributed by atoms with Crippen molar-refractivity contribution in [2.24, 2.45) is 0 Å². The molecule has 144 valence electrons. The summed E-state index contributed by atoms with van der Waals surface area (Å²) >= 11 is 12.1. The summed E-state index contributed by atoms with van der Waals surface area (Å²) in [6, 6.07) is 13.7. The highest BCUT2D eigenvalue weighted by molar-refractivity contribution is 6.35. The van der Waals surface area contributed by atoms with E-state index in [-0.39, 0.29) is 12.4 Å². The van der Waals surface area contributed by atoms with Crippen LogP contribution in [0.3, 0.4) is 0 Å². The Balaban J connectivity index is 0.00000338. The largest absolute Gasteiger partial charge is 0.489 e. The molecule has 0 radical (unpaired) electrons. The minimum absolute atomic E-state index is 0. The highest BCUT2D eigenvalue weighted by Gasteiger charge is 2.03. The molecular formula is C21H28Cl3NO. The first-order valence-electron chi connectivity index (χ1n) is 9.05. The van der Waals surface area contributed by atoms with Crippen molar-refractivity contribution >= 4 is 35.6 Å². The van der Waals surface area contributed by atoms with Crippen molar-refractivity contribution in [2.45, 2.75) is 52.2 Å². The van der Waals surface area contributed by atoms with Gasteiger partial charge in [-0.2, -0.15) is 0 Å². The van der Waals surface area contributed by atoms with Crippen LogP contribution in [0.5, 0.6) is 5.75 Å². The zero-order chi connectivity index (χ0) is 17.9. The zero-order valence-electron chi connectivity index (χ0n) is 15.3. The van der Waals surface area contributed by atoms with Crippen molar-refractivity contribution in [3.63, 3.8) is 0 Å². The molecule has 0 unspecified atom stereocenters. The Morgan fingerprint density at radius 1 is 0.923 bits per heavy atom. The average Bonchev–Trinajstić information content (AvgIpc) is 2.61. The van der Waals surface area contributed by atoms with Crippen LogP contribution in [-0.4, -0.2) is 6.54 Å². The third-order valence-corrected chi connectivity index (χ3v) is 4.71. The van der Waals surface area contributed by atoms with E-state index in [0.29, 0.717) is 16.7 Å². The van der Waals surface area contributed by atoms with Crippen LogP contribution < -0.4 is 10.1 Å². The van der Waals surface area contributed by atoms with E-state index in [9.17, 15) is 0 Å². The van der Waals surface area contributed by atoms with E-state index in [1.165, 1.54) is 37.7 Å². The SMILES string of the molecule is CCCCCCCNCc1ccc(OCc2ccc(Cl)cc2Cl)cc1.Cl. The van der Waals surface area contributed by atoms with Gasteiger partial charge in [-0.25, -0.2) is 0 Å². The van der Waals surface area contributed by atoms with Crippen molar-refractivity contribution in [1.29, 1.82) is 0 Å². The van der Waals surface area contributed by atoms with Gasteiger partial charge in [0.2, 0.25) is 0 Å². The number of ether oxygens (including phenoxy) is 1. The molecule has 1 N–H and O–H groups in total. The van der Waals surface area contributed by atoms with Gasteiger partial charge in [0.15, 0.2) is 0 Å². The summed E-state index contributed by atoms with van der Waals surface area (Å²) in [6.07, 6.45) is 6.57. The van der Waals surface area contributed by atoms with Crippen molar-refractivity contribution in [1.82, 2.24) is 5.32 Å². The van der Waals surface area contributed by atoms with Gasteiger partial charge in [0.25, 0.3) is 0 Å². The second-order valence-corrected chi connectivity index (χ2v) is 7.10. The summed E-state index contributed by atoms with van der Waals surface area (Å²) in [5.41, 5.74) is 2.20. The Bertz CT molecular complexity index is 632. The molecule has 2 rings (SSSR count). The van der Waals surface area contributed by atoms with Crippen LogP contribution in [0.25, 0.3) is 0 Å². The van der Waals surface area contributed by atoms with Crippen LogP contribution in [0.2, 0.25) is 10.0 Å². The molecule has 5 heteroatoms. The molecule has 0 saturated heterocycles. The summed E-state index contributed by atoms with van der Waals surface area (Å²) in [7, 11) is 0. The smallest absolute Gasteiger partial charge is 0.119 e. The molecule has 0 fully saturated rings. The van der Waals surface area contributed by atoms with Gasteiger partial charge in [-0.15, -0.1) is 12.4 Å². The van der Waals surface area contributed by atoms with Crippen molar-refractivity contribution in [2.75, 3.05) is 6.54 Å². The molecular weight excluding hydrogens is 389 g/mol. The highest BCUT2D eigenvalue weighted by atomic mass is 35.5. The number of benzene rings is 2. The summed E-state index contributed by atoms with van der Waals surface area (Å²) in [5.74, 6) is 0.842. The third-order valence-electron chi connectivity index (χ3n) is 4.12. The monoisotopic (exact) mass is 415 g/mol. The standard InChI is InChI=1S/C21H27Cl2NO.ClH/c1-2-3-4-5-6-13-24-15-17-7-11-20(12-8-17)25-16-18-9-10-19(22)14-21(18)23;/h7-12,14,24H,2-6,13,15-16H2,1H3;1H. The lowest BCUT2D eigenvalue weighted by atomic mass is 10.1. The first-order chi connectivity index (χ1) is 12.2. The zero-order valence-corrected chi connectivity index (χ0v) is 17.6. The Morgan fingerprint density at radius 2 is 1.65 bits per heavy atom. The summed E-state index contributed by atoms with van der Waals surface area (Å²) in [6.45, 7) is 4.66. The number of hydrogen-bond donors (Lipinski definition) is 1. The lowest BCUT2D eigenvalue weighted by Gasteiger charge is -2.09. The molecule has 0 aliphatic carbocycles. The lowest BCUT2D eigenvalue weighted by Crippen LogP contribution is -2.14. The molecule has 0 atom stereocenters. The fourth-order valence-corrected chi connectivity index (χ4v) is 3.05. The number of halogens is 3. The van der Waals surface area contributed by atoms with Crippen molar-refractivity contribution in [3.05, 3.63) is 63.6 Å². The summed E-state index contributed by atoms with van der Waals surface area (Å²) < 4.78 is 5.80. The maximum Gasteiger partial charge on any atom is 0.119 e. The minimum atomic E-state index is 0. The van der Waals surface area contributed by atoms with Crippen LogP contribution in [0.4, 0.5) is 0 Å². The maximum absolute atomic E-state index is 6.16. The maximum atomic E-state index is 6.16. The molecule has 0 spiro atoms. The fourth-order valence-electron chi connectivity index (χ4n) is 2.59. The van der Waals surface area contributed by atoms with Crippen molar-refractivity contribution in [3.8, 4) is 5.75 Å². The molecule has 0 saturated carbocycles. The van der Waals surface area contributed by atoms with E-state index in [2.05, 4.69) is 24.4 Å². The van der Waals surface area contributed by atoms with Gasteiger partial charge in [0.05, 0.1) is 0 Å². The van der Waals surface area contributed by atoms with Gasteiger partial charge in [0.1, 0.15) is 12.4 Å². The molecule has 2 nitrogen and oxygen atoms in total. The van der Waals surface area contributed by atoms with Crippen LogP contribution >= 0.6 is 35.6 Å². The Hall–Kier alpha value is -0.930. The van der Waals surface area contributed by atoms with E-state index in [4.69, 9.17) is 27.9 Å². The molecule has 0 amide bonds. The molecule has 26 heavy (non-hydrogen) atoms. The van der Waals surface area contributed by atoms with Crippen LogP contribution in [0.15, 0.2) is 42.5 Å². The molecule has 0 bridgehead atoms. The van der Waals surface area contributed by atoms with E-state index >= 15 is 0 Å². The normalized spacial score (nSPS) is 10.4. The van der Waals surface area contributed by atoms with E-state index in [1.54, 1.807) is 6.07 Å². The molecule has 2 aromatic rings. The average molecular weight is 417 g/mol. The second-order valence-electron chi connectivity index (χ2n) is 6.26. The van der Waals surface area contributed by atoms with Gasteiger partial charge >= 0.3 is 0 Å². The second kappa shape index (κ2) is 13.3. The van der Waals surface area contributed by atoms with Crippen LogP contribution in [-0.2, 0) is 13.2 Å². The van der Waals surface area contributed by atoms with Gasteiger partial charge in [-0.3, -0.25) is 0 Å². The number of hydrogen-bond acceptors (Lipinski definition) is 2. The third kappa shape index (κ3) is 8.64. The minimum Gasteiger partial charge on any atom is -0.489 e. The Labute approximate surface area is 173 Å². The molecule has 0 aliphatic heterocycles. The predicted octanol–water partition coefficient (Wildman–Crippen LogP) is 7.05. The van der Waals surface area contributed by atoms with Crippen LogP contribution in [0, 0.1) is 0 Å². The van der Waals surface area contributed by atoms with Gasteiger partial charge < -0.3 is 10.1 Å². The lowest BCUT2D eigenvalue weighted by molar-refractivity contribution is 0.306. The molecule has 0 aliphatic rings. The van der Waals surface area contributed by atoms with Gasteiger partial charge in [0, 0.05) is 22.2 Å². The molecule has 0 heterocycles. The number of rotatable bonds is 11. The molecule has 2 aromatic carbocycles.